The Labute approximate surface area is 228 Å². The van der Waals surface area contributed by atoms with Crippen molar-refractivity contribution in [2.75, 3.05) is 6.61 Å². The van der Waals surface area contributed by atoms with Crippen molar-refractivity contribution in [2.45, 2.75) is 58.0 Å². The molecule has 3 aromatic carbocycles. The molecule has 6 nitrogen and oxygen atoms in total. The van der Waals surface area contributed by atoms with Gasteiger partial charge in [-0.15, -0.1) is 0 Å². The molecule has 3 aromatic rings. The van der Waals surface area contributed by atoms with E-state index in [0.29, 0.717) is 17.3 Å². The normalized spacial score (nSPS) is 17.8. The summed E-state index contributed by atoms with van der Waals surface area (Å²) in [7, 11) is 0. The van der Waals surface area contributed by atoms with Crippen LogP contribution in [0.3, 0.4) is 0 Å². The van der Waals surface area contributed by atoms with E-state index in [4.69, 9.17) is 9.39 Å². The van der Waals surface area contributed by atoms with Crippen LogP contribution in [0.1, 0.15) is 50.3 Å². The standard InChI is InChI=1S/C31H33BFNO5/c1-30(2)18-32(39-31(30,3)4)20-13-19(14-21(33)16-20)15-27(28(35)36)34-29(37)38-17-26-24-11-7-5-9-22(24)23-10-6-8-12-25(23)26/h5-14,16,26-27H,15,17-18H2,1-4H3,(H,34,37)(H,35,36)/t27-/m0/s1. The first-order valence-electron chi connectivity index (χ1n) is 13.3. The molecule has 2 N–H and O–H groups in total. The molecule has 1 aliphatic heterocycles. The summed E-state index contributed by atoms with van der Waals surface area (Å²) in [5.41, 5.74) is 4.95. The van der Waals surface area contributed by atoms with Gasteiger partial charge >= 0.3 is 19.0 Å². The van der Waals surface area contributed by atoms with Gasteiger partial charge in [0.15, 0.2) is 0 Å². The van der Waals surface area contributed by atoms with Gasteiger partial charge in [0.2, 0.25) is 0 Å². The number of ether oxygens (including phenoxy) is 1. The maximum atomic E-state index is 14.6. The largest absolute Gasteiger partial charge is 0.480 e. The predicted octanol–water partition coefficient (Wildman–Crippen LogP) is 5.39. The average molecular weight is 529 g/mol. The lowest BCUT2D eigenvalue weighted by molar-refractivity contribution is -0.139. The number of rotatable bonds is 7. The number of alkyl carbamates (subject to hydrolysis) is 1. The summed E-state index contributed by atoms with van der Waals surface area (Å²) in [5.74, 6) is -1.84. The Kier molecular flexibility index (Phi) is 7.01. The number of hydrogen-bond acceptors (Lipinski definition) is 4. The first-order chi connectivity index (χ1) is 18.4. The zero-order valence-corrected chi connectivity index (χ0v) is 22.7. The van der Waals surface area contributed by atoms with Crippen LogP contribution in [0.4, 0.5) is 9.18 Å². The Hall–Kier alpha value is -3.65. The Morgan fingerprint density at radius 1 is 1.05 bits per heavy atom. The lowest BCUT2D eigenvalue weighted by atomic mass is 9.54. The molecule has 0 spiro atoms. The second-order valence-electron chi connectivity index (χ2n) is 11.7. The van der Waals surface area contributed by atoms with Crippen LogP contribution in [0.15, 0.2) is 66.7 Å². The molecule has 5 rings (SSSR count). The van der Waals surface area contributed by atoms with E-state index in [9.17, 15) is 19.1 Å². The summed E-state index contributed by atoms with van der Waals surface area (Å²) < 4.78 is 26.4. The van der Waals surface area contributed by atoms with E-state index in [2.05, 4.69) is 19.2 Å². The van der Waals surface area contributed by atoms with Crippen molar-refractivity contribution in [3.63, 3.8) is 0 Å². The Morgan fingerprint density at radius 2 is 1.67 bits per heavy atom. The van der Waals surface area contributed by atoms with Crippen LogP contribution < -0.4 is 10.8 Å². The number of fused-ring (bicyclic) bond motifs is 3. The van der Waals surface area contributed by atoms with E-state index in [0.717, 1.165) is 22.3 Å². The van der Waals surface area contributed by atoms with Gasteiger partial charge in [-0.1, -0.05) is 68.4 Å². The fourth-order valence-corrected chi connectivity index (χ4v) is 5.65. The van der Waals surface area contributed by atoms with Gasteiger partial charge < -0.3 is 19.8 Å². The van der Waals surface area contributed by atoms with Crippen molar-refractivity contribution in [1.82, 2.24) is 5.32 Å². The number of halogens is 1. The van der Waals surface area contributed by atoms with Crippen LogP contribution in [0, 0.1) is 11.2 Å². The lowest BCUT2D eigenvalue weighted by Crippen LogP contribution is -2.43. The van der Waals surface area contributed by atoms with Gasteiger partial charge in [-0.2, -0.15) is 0 Å². The first kappa shape index (κ1) is 26.9. The Balaban J connectivity index is 1.26. The number of aliphatic carboxylic acids is 1. The van der Waals surface area contributed by atoms with Gasteiger partial charge in [0.05, 0.1) is 5.60 Å². The SMILES string of the molecule is CC1(C)CB(c2cc(F)cc(C[C@H](NC(=O)OCC3c4ccccc4-c4ccccc43)C(=O)O)c2)OC1(C)C. The van der Waals surface area contributed by atoms with Crippen LogP contribution in [-0.2, 0) is 20.6 Å². The molecule has 202 valence electrons. The van der Waals surface area contributed by atoms with E-state index in [1.807, 2.05) is 62.4 Å². The number of carboxylic acid groups (broad SMARTS) is 1. The van der Waals surface area contributed by atoms with Crippen LogP contribution in [0.5, 0.6) is 0 Å². The fraction of sp³-hybridized carbons (Fsp3) is 0.355. The number of nitrogens with one attached hydrogen (secondary N) is 1. The molecule has 0 aromatic heterocycles. The minimum absolute atomic E-state index is 0.0703. The maximum absolute atomic E-state index is 14.6. The maximum Gasteiger partial charge on any atom is 0.407 e. The summed E-state index contributed by atoms with van der Waals surface area (Å²) in [6.07, 6.45) is -0.212. The molecule has 1 atom stereocenters. The second kappa shape index (κ2) is 10.2. The molecule has 1 saturated heterocycles. The molecule has 0 saturated carbocycles. The molecule has 0 bridgehead atoms. The number of carbonyl (C=O) groups excluding carboxylic acids is 1. The highest BCUT2D eigenvalue weighted by Gasteiger charge is 2.50. The average Bonchev–Trinajstić information content (AvgIpc) is 3.31. The van der Waals surface area contributed by atoms with Crippen LogP contribution >= 0.6 is 0 Å². The molecule has 0 radical (unpaired) electrons. The van der Waals surface area contributed by atoms with Crippen molar-refractivity contribution in [1.29, 1.82) is 0 Å². The van der Waals surface area contributed by atoms with Crippen molar-refractivity contribution in [3.05, 3.63) is 89.2 Å². The van der Waals surface area contributed by atoms with Crippen molar-refractivity contribution in [2.24, 2.45) is 5.41 Å². The number of carboxylic acids is 1. The highest BCUT2D eigenvalue weighted by Crippen LogP contribution is 2.45. The van der Waals surface area contributed by atoms with Gasteiger partial charge in [0.1, 0.15) is 18.5 Å². The van der Waals surface area contributed by atoms with E-state index >= 15 is 0 Å². The molecule has 1 fully saturated rings. The molecule has 2 aliphatic rings. The molecule has 8 heteroatoms. The summed E-state index contributed by atoms with van der Waals surface area (Å²) in [6.45, 7) is 8.04. The molecular formula is C31H33BFNO5. The van der Waals surface area contributed by atoms with E-state index in [-0.39, 0.29) is 36.9 Å². The topological polar surface area (TPSA) is 84.9 Å². The third kappa shape index (κ3) is 5.30. The first-order valence-corrected chi connectivity index (χ1v) is 13.3. The molecule has 1 heterocycles. The van der Waals surface area contributed by atoms with Crippen LogP contribution in [-0.4, -0.2) is 42.3 Å². The minimum atomic E-state index is -1.28. The van der Waals surface area contributed by atoms with Crippen molar-refractivity contribution in [3.8, 4) is 11.1 Å². The van der Waals surface area contributed by atoms with Gasteiger partial charge in [-0.25, -0.2) is 14.0 Å². The number of amides is 1. The predicted molar refractivity (Wildman–Crippen MR) is 149 cm³/mol. The van der Waals surface area contributed by atoms with Gasteiger partial charge in [0.25, 0.3) is 0 Å². The highest BCUT2D eigenvalue weighted by atomic mass is 19.1. The number of benzene rings is 3. The quantitative estimate of drug-likeness (QED) is 0.401. The lowest BCUT2D eigenvalue weighted by Gasteiger charge is -2.34. The monoisotopic (exact) mass is 529 g/mol. The molecular weight excluding hydrogens is 496 g/mol. The summed E-state index contributed by atoms with van der Waals surface area (Å²) in [6, 6.07) is 19.2. The van der Waals surface area contributed by atoms with E-state index in [1.54, 1.807) is 6.07 Å². The van der Waals surface area contributed by atoms with Crippen molar-refractivity contribution < 1.29 is 28.5 Å². The Morgan fingerprint density at radius 3 is 2.23 bits per heavy atom. The zero-order chi connectivity index (χ0) is 27.9. The van der Waals surface area contributed by atoms with Crippen LogP contribution in [0.2, 0.25) is 6.32 Å². The molecule has 1 aliphatic carbocycles. The number of carbonyl (C=O) groups is 2. The third-order valence-electron chi connectivity index (χ3n) is 8.49. The molecule has 0 unspecified atom stereocenters. The highest BCUT2D eigenvalue weighted by molar-refractivity contribution is 6.68. The van der Waals surface area contributed by atoms with Crippen molar-refractivity contribution >= 4 is 24.4 Å². The molecule has 39 heavy (non-hydrogen) atoms. The molecule has 1 amide bonds. The second-order valence-corrected chi connectivity index (χ2v) is 11.7. The third-order valence-corrected chi connectivity index (χ3v) is 8.49. The zero-order valence-electron chi connectivity index (χ0n) is 22.7. The summed E-state index contributed by atoms with van der Waals surface area (Å²) in [5, 5.41) is 12.3. The van der Waals surface area contributed by atoms with Gasteiger partial charge in [-0.05, 0) is 71.0 Å². The number of hydrogen-bond donors (Lipinski definition) is 2. The van der Waals surface area contributed by atoms with E-state index in [1.165, 1.54) is 12.1 Å². The summed E-state index contributed by atoms with van der Waals surface area (Å²) >= 11 is 0. The summed E-state index contributed by atoms with van der Waals surface area (Å²) in [4.78, 5) is 24.8. The smallest absolute Gasteiger partial charge is 0.407 e. The van der Waals surface area contributed by atoms with Gasteiger partial charge in [0, 0.05) is 12.3 Å². The Bertz CT molecular complexity index is 1360. The van der Waals surface area contributed by atoms with Crippen LogP contribution in [0.25, 0.3) is 11.1 Å². The van der Waals surface area contributed by atoms with E-state index < -0.39 is 23.9 Å². The van der Waals surface area contributed by atoms with Gasteiger partial charge in [-0.3, -0.25) is 0 Å². The fourth-order valence-electron chi connectivity index (χ4n) is 5.65. The minimum Gasteiger partial charge on any atom is -0.480 e.